The molecule has 1 aliphatic rings. The van der Waals surface area contributed by atoms with Crippen LogP contribution in [0.5, 0.6) is 0 Å². The lowest BCUT2D eigenvalue weighted by Gasteiger charge is -2.30. The zero-order chi connectivity index (χ0) is 26.6. The van der Waals surface area contributed by atoms with Crippen LogP contribution in [0, 0.1) is 0 Å². The zero-order valence-corrected chi connectivity index (χ0v) is 22.3. The summed E-state index contributed by atoms with van der Waals surface area (Å²) in [5.74, 6) is 0.0148. The van der Waals surface area contributed by atoms with Gasteiger partial charge in [0.2, 0.25) is 5.91 Å². The van der Waals surface area contributed by atoms with Gasteiger partial charge in [-0.2, -0.15) is 0 Å². The fourth-order valence-electron chi connectivity index (χ4n) is 5.23. The van der Waals surface area contributed by atoms with Crippen molar-refractivity contribution in [2.24, 2.45) is 0 Å². The standard InChI is InChI=1S/C33H39NO4/c1-3-4-8-21-30-32(37-23-28-17-11-6-12-18-28)33(38-24-29-19-13-7-14-20-29)31(34(30)26(2)35)25-36-22-27-15-9-5-10-16-27/h3,5-7,9-20,30-33H,1,4,8,21-25H2,2H3/t30-,31-,32-,33+/m0/s1. The number of nitrogens with zero attached hydrogens (tertiary/aromatic N) is 1. The minimum absolute atomic E-state index is 0.0148. The van der Waals surface area contributed by atoms with Crippen molar-refractivity contribution in [1.29, 1.82) is 0 Å². The summed E-state index contributed by atoms with van der Waals surface area (Å²) < 4.78 is 19.4. The number of carbonyl (C=O) groups is 1. The predicted molar refractivity (Wildman–Crippen MR) is 150 cm³/mol. The normalized spacial score (nSPS) is 20.9. The van der Waals surface area contributed by atoms with Gasteiger partial charge in [0.05, 0.1) is 38.5 Å². The van der Waals surface area contributed by atoms with Gasteiger partial charge >= 0.3 is 0 Å². The van der Waals surface area contributed by atoms with E-state index in [1.165, 1.54) is 0 Å². The Morgan fingerprint density at radius 3 is 1.71 bits per heavy atom. The number of hydrogen-bond acceptors (Lipinski definition) is 4. The molecule has 1 amide bonds. The highest BCUT2D eigenvalue weighted by Crippen LogP contribution is 2.34. The summed E-state index contributed by atoms with van der Waals surface area (Å²) in [7, 11) is 0. The maximum Gasteiger partial charge on any atom is 0.220 e. The molecule has 1 saturated heterocycles. The molecule has 3 aromatic rings. The third-order valence-electron chi connectivity index (χ3n) is 7.04. The number of allylic oxidation sites excluding steroid dienone is 1. The van der Waals surface area contributed by atoms with E-state index in [1.54, 1.807) is 6.92 Å². The molecule has 5 heteroatoms. The average Bonchev–Trinajstić information content (AvgIpc) is 3.24. The lowest BCUT2D eigenvalue weighted by Crippen LogP contribution is -2.45. The zero-order valence-electron chi connectivity index (χ0n) is 22.3. The van der Waals surface area contributed by atoms with Crippen LogP contribution in [0.3, 0.4) is 0 Å². The van der Waals surface area contributed by atoms with Crippen molar-refractivity contribution < 1.29 is 19.0 Å². The highest BCUT2D eigenvalue weighted by molar-refractivity contribution is 5.74. The van der Waals surface area contributed by atoms with Crippen LogP contribution in [0.4, 0.5) is 0 Å². The van der Waals surface area contributed by atoms with E-state index < -0.39 is 0 Å². The van der Waals surface area contributed by atoms with Crippen LogP contribution >= 0.6 is 0 Å². The molecule has 4 atom stereocenters. The van der Waals surface area contributed by atoms with Gasteiger partial charge in [-0.3, -0.25) is 4.79 Å². The van der Waals surface area contributed by atoms with Gasteiger partial charge in [0, 0.05) is 6.92 Å². The lowest BCUT2D eigenvalue weighted by atomic mass is 10.0. The van der Waals surface area contributed by atoms with Gasteiger partial charge in [0.15, 0.2) is 0 Å². The molecule has 1 aliphatic heterocycles. The fraction of sp³-hybridized carbons (Fsp3) is 0.364. The Balaban J connectivity index is 1.58. The smallest absolute Gasteiger partial charge is 0.220 e. The Kier molecular flexibility index (Phi) is 10.7. The molecule has 1 fully saturated rings. The van der Waals surface area contributed by atoms with Crippen LogP contribution in [-0.2, 0) is 38.8 Å². The Morgan fingerprint density at radius 1 is 0.763 bits per heavy atom. The van der Waals surface area contributed by atoms with Crippen molar-refractivity contribution in [2.45, 2.75) is 70.3 Å². The molecule has 0 radical (unpaired) electrons. The molecule has 0 N–H and O–H groups in total. The summed E-state index contributed by atoms with van der Waals surface area (Å²) in [6.45, 7) is 7.26. The first kappa shape index (κ1) is 27.8. The quantitative estimate of drug-likeness (QED) is 0.187. The number of amides is 1. The summed E-state index contributed by atoms with van der Waals surface area (Å²) in [6.07, 6.45) is 3.94. The van der Waals surface area contributed by atoms with E-state index >= 15 is 0 Å². The minimum Gasteiger partial charge on any atom is -0.375 e. The van der Waals surface area contributed by atoms with E-state index in [1.807, 2.05) is 77.7 Å². The molecule has 0 bridgehead atoms. The van der Waals surface area contributed by atoms with Crippen molar-refractivity contribution in [2.75, 3.05) is 6.61 Å². The van der Waals surface area contributed by atoms with E-state index in [0.29, 0.717) is 26.4 Å². The maximum atomic E-state index is 13.1. The van der Waals surface area contributed by atoms with E-state index in [2.05, 4.69) is 30.8 Å². The van der Waals surface area contributed by atoms with Gasteiger partial charge in [-0.15, -0.1) is 6.58 Å². The molecule has 0 saturated carbocycles. The van der Waals surface area contributed by atoms with Crippen LogP contribution in [-0.4, -0.2) is 41.7 Å². The molecule has 4 rings (SSSR count). The number of benzene rings is 3. The first-order valence-electron chi connectivity index (χ1n) is 13.5. The second kappa shape index (κ2) is 14.6. The minimum atomic E-state index is -0.327. The van der Waals surface area contributed by atoms with Crippen molar-refractivity contribution in [3.05, 3.63) is 120 Å². The van der Waals surface area contributed by atoms with E-state index in [4.69, 9.17) is 14.2 Å². The Bertz CT molecular complexity index is 1110. The SMILES string of the molecule is C=CCCC[C@H]1[C@H](OCc2ccccc2)[C@H](OCc2ccccc2)[C@H](COCc2ccccc2)N1C(C)=O. The Morgan fingerprint density at radius 2 is 1.24 bits per heavy atom. The third kappa shape index (κ3) is 7.64. The first-order valence-corrected chi connectivity index (χ1v) is 13.5. The van der Waals surface area contributed by atoms with E-state index in [-0.39, 0.29) is 30.2 Å². The van der Waals surface area contributed by atoms with E-state index in [0.717, 1.165) is 36.0 Å². The van der Waals surface area contributed by atoms with Crippen molar-refractivity contribution >= 4 is 5.91 Å². The highest BCUT2D eigenvalue weighted by atomic mass is 16.5. The molecular weight excluding hydrogens is 474 g/mol. The van der Waals surface area contributed by atoms with Crippen LogP contribution < -0.4 is 0 Å². The molecule has 0 unspecified atom stereocenters. The van der Waals surface area contributed by atoms with Gasteiger partial charge in [0.1, 0.15) is 12.2 Å². The Labute approximate surface area is 227 Å². The molecule has 0 aromatic heterocycles. The lowest BCUT2D eigenvalue weighted by molar-refractivity contribution is -0.135. The number of carbonyl (C=O) groups excluding carboxylic acids is 1. The first-order chi connectivity index (χ1) is 18.7. The topological polar surface area (TPSA) is 48.0 Å². The number of hydrogen-bond donors (Lipinski definition) is 0. The molecule has 38 heavy (non-hydrogen) atoms. The summed E-state index contributed by atoms with van der Waals surface area (Å²) in [4.78, 5) is 15.1. The second-order valence-corrected chi connectivity index (χ2v) is 9.80. The molecule has 0 aliphatic carbocycles. The maximum absolute atomic E-state index is 13.1. The number of likely N-dealkylation sites (tertiary alicyclic amines) is 1. The van der Waals surface area contributed by atoms with Crippen LogP contribution in [0.25, 0.3) is 0 Å². The van der Waals surface area contributed by atoms with Gasteiger partial charge in [-0.25, -0.2) is 0 Å². The number of rotatable bonds is 14. The molecule has 200 valence electrons. The highest BCUT2D eigenvalue weighted by Gasteiger charge is 2.51. The average molecular weight is 514 g/mol. The molecular formula is C33H39NO4. The summed E-state index contributed by atoms with van der Waals surface area (Å²) in [5.41, 5.74) is 3.28. The molecule has 3 aromatic carbocycles. The monoisotopic (exact) mass is 513 g/mol. The second-order valence-electron chi connectivity index (χ2n) is 9.80. The molecule has 0 spiro atoms. The largest absolute Gasteiger partial charge is 0.375 e. The third-order valence-corrected chi connectivity index (χ3v) is 7.04. The molecule has 1 heterocycles. The van der Waals surface area contributed by atoms with Crippen LogP contribution in [0.1, 0.15) is 42.9 Å². The van der Waals surface area contributed by atoms with Crippen molar-refractivity contribution in [3.63, 3.8) is 0 Å². The van der Waals surface area contributed by atoms with Crippen LogP contribution in [0.2, 0.25) is 0 Å². The Hall–Kier alpha value is -3.25. The van der Waals surface area contributed by atoms with Gasteiger partial charge < -0.3 is 19.1 Å². The van der Waals surface area contributed by atoms with Gasteiger partial charge in [-0.1, -0.05) is 97.1 Å². The van der Waals surface area contributed by atoms with Crippen molar-refractivity contribution in [3.8, 4) is 0 Å². The summed E-state index contributed by atoms with van der Waals surface area (Å²) in [6, 6.07) is 30.0. The predicted octanol–water partition coefficient (Wildman–Crippen LogP) is 6.33. The van der Waals surface area contributed by atoms with Crippen LogP contribution in [0.15, 0.2) is 104 Å². The van der Waals surface area contributed by atoms with Gasteiger partial charge in [-0.05, 0) is 36.0 Å². The van der Waals surface area contributed by atoms with Gasteiger partial charge in [0.25, 0.3) is 0 Å². The number of ether oxygens (including phenoxy) is 3. The number of unbranched alkanes of at least 4 members (excludes halogenated alkanes) is 1. The fourth-order valence-corrected chi connectivity index (χ4v) is 5.23. The van der Waals surface area contributed by atoms with Crippen molar-refractivity contribution in [1.82, 2.24) is 4.90 Å². The molecule has 5 nitrogen and oxygen atoms in total. The van der Waals surface area contributed by atoms with E-state index in [9.17, 15) is 4.79 Å². The summed E-state index contributed by atoms with van der Waals surface area (Å²) in [5, 5.41) is 0. The summed E-state index contributed by atoms with van der Waals surface area (Å²) >= 11 is 0.